The molecular formula is C30H49FO4. The number of hydrogen-bond donors (Lipinski definition) is 1. The van der Waals surface area contributed by atoms with Crippen LogP contribution < -0.4 is 4.74 Å². The fraction of sp³-hybridized carbons (Fsp3) is 0.500. The van der Waals surface area contributed by atoms with Crippen LogP contribution >= 0.6 is 0 Å². The summed E-state index contributed by atoms with van der Waals surface area (Å²) >= 11 is 0. The average molecular weight is 493 g/mol. The molecule has 0 aliphatic heterocycles. The first-order valence-electron chi connectivity index (χ1n) is 12.3. The van der Waals surface area contributed by atoms with Crippen LogP contribution in [-0.4, -0.2) is 24.9 Å². The first-order valence-corrected chi connectivity index (χ1v) is 12.3. The van der Waals surface area contributed by atoms with Crippen molar-refractivity contribution in [2.75, 3.05) is 7.11 Å². The molecule has 0 fully saturated rings. The van der Waals surface area contributed by atoms with E-state index in [-0.39, 0.29) is 5.75 Å². The molecule has 1 unspecified atom stereocenters. The van der Waals surface area contributed by atoms with E-state index in [1.807, 2.05) is 58.0 Å². The van der Waals surface area contributed by atoms with Gasteiger partial charge >= 0.3 is 0 Å². The Morgan fingerprint density at radius 2 is 1.63 bits per heavy atom. The Bertz CT molecular complexity index is 811. The minimum Gasteiger partial charge on any atom is -0.507 e. The Labute approximate surface area is 214 Å². The number of carbonyl (C=O) groups excluding carboxylic acids is 1. The number of hydrogen-bond acceptors (Lipinski definition) is 4. The standard InChI is InChI=1S/C11H15FO.C11H14O2.C4H10.C2H4O.C2H6/c1-3-5-10-6-4-7-11(8-10)13-9(2)12;1-7-5-6-10(9(3)13-4)11(12)8(7)2;1-4(2)3;1-2-3;1-2/h4,6-9H,3,5H2,1-2H3;5-6,12H,3H2,1-2,4H3;4H,1-3H3;2H,1H3;1-2H3. The molecule has 2 aromatic carbocycles. The van der Waals surface area contributed by atoms with Crippen molar-refractivity contribution in [1.29, 1.82) is 0 Å². The van der Waals surface area contributed by atoms with Crippen LogP contribution in [0, 0.1) is 19.8 Å². The van der Waals surface area contributed by atoms with Crippen molar-refractivity contribution < 1.29 is 23.8 Å². The number of phenols is 1. The molecule has 0 radical (unpaired) electrons. The molecule has 35 heavy (non-hydrogen) atoms. The minimum absolute atomic E-state index is 0.256. The van der Waals surface area contributed by atoms with Crippen LogP contribution in [0.15, 0.2) is 43.0 Å². The van der Waals surface area contributed by atoms with Crippen molar-refractivity contribution in [3.05, 3.63) is 65.2 Å². The van der Waals surface area contributed by atoms with Gasteiger partial charge in [-0.05, 0) is 68.0 Å². The van der Waals surface area contributed by atoms with Gasteiger partial charge in [-0.1, -0.05) is 72.7 Å². The van der Waals surface area contributed by atoms with E-state index in [1.165, 1.54) is 26.5 Å². The number of alkyl halides is 1. The molecule has 5 heteroatoms. The van der Waals surface area contributed by atoms with Crippen molar-refractivity contribution in [3.8, 4) is 11.5 Å². The summed E-state index contributed by atoms with van der Waals surface area (Å²) in [6.45, 7) is 23.0. The van der Waals surface area contributed by atoms with E-state index >= 15 is 0 Å². The van der Waals surface area contributed by atoms with Crippen LogP contribution in [0.4, 0.5) is 4.39 Å². The maximum Gasteiger partial charge on any atom is 0.235 e. The molecule has 0 bridgehead atoms. The summed E-state index contributed by atoms with van der Waals surface area (Å²) in [7, 11) is 1.54. The highest BCUT2D eigenvalue weighted by Gasteiger charge is 2.09. The lowest BCUT2D eigenvalue weighted by Crippen LogP contribution is -2.03. The molecule has 1 N–H and O–H groups in total. The van der Waals surface area contributed by atoms with Gasteiger partial charge < -0.3 is 19.4 Å². The summed E-state index contributed by atoms with van der Waals surface area (Å²) in [5, 5.41) is 9.74. The average Bonchev–Trinajstić information content (AvgIpc) is 2.79. The predicted octanol–water partition coefficient (Wildman–Crippen LogP) is 8.85. The Morgan fingerprint density at radius 3 is 2.06 bits per heavy atom. The summed E-state index contributed by atoms with van der Waals surface area (Å²) in [6, 6.07) is 11.3. The highest BCUT2D eigenvalue weighted by molar-refractivity contribution is 5.66. The summed E-state index contributed by atoms with van der Waals surface area (Å²) in [6.07, 6.45) is 1.61. The Hall–Kier alpha value is -2.82. The van der Waals surface area contributed by atoms with E-state index in [9.17, 15) is 9.50 Å². The van der Waals surface area contributed by atoms with Gasteiger partial charge in [0.2, 0.25) is 6.36 Å². The fourth-order valence-corrected chi connectivity index (χ4v) is 2.39. The van der Waals surface area contributed by atoms with Crippen molar-refractivity contribution in [1.82, 2.24) is 0 Å². The Balaban J connectivity index is -0.000000439. The zero-order valence-electron chi connectivity index (χ0n) is 23.9. The van der Waals surface area contributed by atoms with Crippen molar-refractivity contribution in [3.63, 3.8) is 0 Å². The molecule has 0 heterocycles. The molecule has 0 aromatic heterocycles. The predicted molar refractivity (Wildman–Crippen MR) is 149 cm³/mol. The number of rotatable bonds is 6. The Kier molecular flexibility index (Phi) is 24.1. The number of ether oxygens (including phenoxy) is 2. The summed E-state index contributed by atoms with van der Waals surface area (Å²) < 4.78 is 22.4. The van der Waals surface area contributed by atoms with Crippen molar-refractivity contribution >= 4 is 12.0 Å². The second kappa shape index (κ2) is 22.9. The van der Waals surface area contributed by atoms with Gasteiger partial charge in [-0.25, -0.2) is 4.39 Å². The monoisotopic (exact) mass is 492 g/mol. The molecule has 0 saturated carbocycles. The van der Waals surface area contributed by atoms with Gasteiger partial charge in [0.25, 0.3) is 0 Å². The van der Waals surface area contributed by atoms with Crippen LogP contribution in [0.1, 0.15) is 84.1 Å². The maximum absolute atomic E-state index is 12.5. The second-order valence-electron chi connectivity index (χ2n) is 8.06. The number of halogens is 1. The molecule has 0 aliphatic rings. The summed E-state index contributed by atoms with van der Waals surface area (Å²) in [4.78, 5) is 8.81. The number of methoxy groups -OCH3 is 1. The number of phenolic OH excluding ortho intramolecular Hbond substituents is 1. The molecule has 0 amide bonds. The molecule has 4 nitrogen and oxygen atoms in total. The lowest BCUT2D eigenvalue weighted by molar-refractivity contribution is -0.106. The molecule has 1 atom stereocenters. The summed E-state index contributed by atoms with van der Waals surface area (Å²) in [5.41, 5.74) is 3.78. The smallest absolute Gasteiger partial charge is 0.235 e. The molecular weight excluding hydrogens is 443 g/mol. The summed E-state index contributed by atoms with van der Waals surface area (Å²) in [5.74, 6) is 2.19. The number of benzene rings is 2. The largest absolute Gasteiger partial charge is 0.507 e. The van der Waals surface area contributed by atoms with Crippen molar-refractivity contribution in [2.24, 2.45) is 5.92 Å². The van der Waals surface area contributed by atoms with E-state index in [0.717, 1.165) is 36.2 Å². The highest BCUT2D eigenvalue weighted by Crippen LogP contribution is 2.29. The normalized spacial score (nSPS) is 9.86. The quantitative estimate of drug-likeness (QED) is 0.323. The maximum atomic E-state index is 12.5. The first-order chi connectivity index (χ1) is 16.4. The highest BCUT2D eigenvalue weighted by atomic mass is 19.1. The SMILES string of the molecule is C=C(OC)c1ccc(C)c(C)c1O.CC.CC(C)C.CC=O.CCCc1cccc(OC(C)F)c1. The zero-order valence-corrected chi connectivity index (χ0v) is 23.9. The molecule has 2 rings (SSSR count). The van der Waals surface area contributed by atoms with Gasteiger partial charge in [0.15, 0.2) is 0 Å². The van der Waals surface area contributed by atoms with Crippen LogP contribution in [-0.2, 0) is 16.0 Å². The van der Waals surface area contributed by atoms with Gasteiger partial charge in [-0.3, -0.25) is 0 Å². The molecule has 2 aromatic rings. The third kappa shape index (κ3) is 19.2. The first kappa shape index (κ1) is 36.7. The third-order valence-electron chi connectivity index (χ3n) is 3.98. The van der Waals surface area contributed by atoms with Crippen LogP contribution in [0.3, 0.4) is 0 Å². The van der Waals surface area contributed by atoms with E-state index in [1.54, 1.807) is 6.07 Å². The van der Waals surface area contributed by atoms with Crippen LogP contribution in [0.25, 0.3) is 5.76 Å². The Morgan fingerprint density at radius 1 is 1.11 bits per heavy atom. The van der Waals surface area contributed by atoms with E-state index in [0.29, 0.717) is 17.1 Å². The van der Waals surface area contributed by atoms with Gasteiger partial charge in [0, 0.05) is 6.92 Å². The molecule has 0 saturated heterocycles. The minimum atomic E-state index is -1.24. The third-order valence-corrected chi connectivity index (χ3v) is 3.98. The molecule has 200 valence electrons. The number of aromatic hydroxyl groups is 1. The van der Waals surface area contributed by atoms with Gasteiger partial charge in [-0.15, -0.1) is 0 Å². The number of aryl methyl sites for hydroxylation is 2. The van der Waals surface area contributed by atoms with Crippen LogP contribution in [0.5, 0.6) is 11.5 Å². The number of carbonyl (C=O) groups is 1. The molecule has 0 aliphatic carbocycles. The molecule has 0 spiro atoms. The van der Waals surface area contributed by atoms with Crippen molar-refractivity contribution in [2.45, 2.75) is 88.4 Å². The van der Waals surface area contributed by atoms with Gasteiger partial charge in [0.1, 0.15) is 23.5 Å². The lowest BCUT2D eigenvalue weighted by atomic mass is 10.0. The topological polar surface area (TPSA) is 55.8 Å². The van der Waals surface area contributed by atoms with E-state index in [2.05, 4.69) is 34.3 Å². The fourth-order valence-electron chi connectivity index (χ4n) is 2.39. The van der Waals surface area contributed by atoms with Crippen LogP contribution in [0.2, 0.25) is 0 Å². The number of aldehydes is 1. The van der Waals surface area contributed by atoms with Gasteiger partial charge in [0.05, 0.1) is 12.7 Å². The van der Waals surface area contributed by atoms with E-state index in [4.69, 9.17) is 14.3 Å². The van der Waals surface area contributed by atoms with Gasteiger partial charge in [-0.2, -0.15) is 0 Å². The lowest BCUT2D eigenvalue weighted by Gasteiger charge is -2.10. The second-order valence-corrected chi connectivity index (χ2v) is 8.06. The van der Waals surface area contributed by atoms with E-state index < -0.39 is 6.36 Å². The zero-order chi connectivity index (χ0) is 28.0.